The van der Waals surface area contributed by atoms with Gasteiger partial charge < -0.3 is 4.90 Å². The third-order valence-electron chi connectivity index (χ3n) is 5.86. The van der Waals surface area contributed by atoms with E-state index in [1.165, 1.54) is 39.9 Å². The number of aryl methyl sites for hydroxylation is 1. The number of sulfonamides is 1. The van der Waals surface area contributed by atoms with E-state index in [1.54, 1.807) is 4.90 Å². The second-order valence-electron chi connectivity index (χ2n) is 8.56. The number of likely N-dealkylation sites (N-methyl/N-ethyl adjacent to an activating group) is 1. The van der Waals surface area contributed by atoms with Gasteiger partial charge in [0.1, 0.15) is 6.04 Å². The normalized spacial score (nSPS) is 17.1. The number of hydrogen-bond acceptors (Lipinski definition) is 6. The van der Waals surface area contributed by atoms with Gasteiger partial charge in [0, 0.05) is 24.7 Å². The Morgan fingerprint density at radius 2 is 1.85 bits per heavy atom. The number of carbonyl (C=O) groups is 1. The molecule has 0 spiro atoms. The number of anilines is 1. The first kappa shape index (κ1) is 25.3. The molecule has 2 aromatic carbocycles. The monoisotopic (exact) mass is 540 g/mol. The van der Waals surface area contributed by atoms with Gasteiger partial charge in [0.2, 0.25) is 15.9 Å². The van der Waals surface area contributed by atoms with Crippen molar-refractivity contribution in [2.75, 3.05) is 38.6 Å². The topological polar surface area (TPSA) is 73.8 Å². The van der Waals surface area contributed by atoms with E-state index in [0.29, 0.717) is 41.1 Å². The fraction of sp³-hybridized carbons (Fsp3) is 0.391. The maximum absolute atomic E-state index is 13.9. The van der Waals surface area contributed by atoms with E-state index >= 15 is 0 Å². The van der Waals surface area contributed by atoms with Crippen LogP contribution < -0.4 is 4.90 Å². The predicted molar refractivity (Wildman–Crippen MR) is 139 cm³/mol. The molecule has 0 aliphatic carbocycles. The van der Waals surface area contributed by atoms with Crippen LogP contribution in [0.2, 0.25) is 10.0 Å². The highest BCUT2D eigenvalue weighted by Crippen LogP contribution is 2.37. The Balaban J connectivity index is 1.70. The third kappa shape index (κ3) is 4.96. The van der Waals surface area contributed by atoms with Crippen molar-refractivity contribution in [2.45, 2.75) is 30.7 Å². The van der Waals surface area contributed by atoms with Gasteiger partial charge in [-0.05, 0) is 69.8 Å². The van der Waals surface area contributed by atoms with Crippen molar-refractivity contribution >= 4 is 65.8 Å². The molecule has 1 unspecified atom stereocenters. The number of thiazole rings is 1. The van der Waals surface area contributed by atoms with Crippen LogP contribution in [0.5, 0.6) is 0 Å². The van der Waals surface area contributed by atoms with Crippen LogP contribution in [0.4, 0.5) is 5.13 Å². The summed E-state index contributed by atoms with van der Waals surface area (Å²) < 4.78 is 28.9. The van der Waals surface area contributed by atoms with Crippen LogP contribution in [-0.2, 0) is 14.8 Å². The molecule has 1 aliphatic heterocycles. The average molecular weight is 542 g/mol. The summed E-state index contributed by atoms with van der Waals surface area (Å²) in [6, 6.07) is 8.95. The first-order chi connectivity index (χ1) is 16.1. The summed E-state index contributed by atoms with van der Waals surface area (Å²) in [6.07, 6.45) is 1.06. The number of benzene rings is 2. The van der Waals surface area contributed by atoms with Crippen molar-refractivity contribution < 1.29 is 13.2 Å². The van der Waals surface area contributed by atoms with E-state index in [1.807, 2.05) is 38.1 Å². The molecular weight excluding hydrogens is 515 g/mol. The minimum Gasteiger partial charge on any atom is -0.308 e. The summed E-state index contributed by atoms with van der Waals surface area (Å²) in [6.45, 7) is 3.22. The second kappa shape index (κ2) is 10.1. The van der Waals surface area contributed by atoms with E-state index in [2.05, 4.69) is 0 Å². The number of hydrogen-bond donors (Lipinski definition) is 0. The SMILES string of the molecule is Cc1ccc(Cl)c2sc(N(CCN(C)C)C(=O)C3CCCN3S(=O)(=O)c3ccc(Cl)cc3)nc12. The Hall–Kier alpha value is -1.75. The summed E-state index contributed by atoms with van der Waals surface area (Å²) in [5, 5.41) is 1.55. The van der Waals surface area contributed by atoms with Crippen LogP contribution in [-0.4, -0.2) is 68.3 Å². The molecule has 1 atom stereocenters. The Kier molecular flexibility index (Phi) is 7.52. The maximum atomic E-state index is 13.9. The van der Waals surface area contributed by atoms with Crippen molar-refractivity contribution in [1.29, 1.82) is 0 Å². The van der Waals surface area contributed by atoms with Crippen LogP contribution in [0.25, 0.3) is 10.2 Å². The lowest BCUT2D eigenvalue weighted by Gasteiger charge is -2.29. The predicted octanol–water partition coefficient (Wildman–Crippen LogP) is 4.66. The van der Waals surface area contributed by atoms with E-state index < -0.39 is 16.1 Å². The minimum atomic E-state index is -3.86. The standard InChI is InChI=1S/C23H26Cl2N4O3S2/c1-15-6-11-18(25)21-20(15)26-23(33-21)28(14-13-27(2)3)22(30)19-5-4-12-29(19)34(31,32)17-9-7-16(24)8-10-17/h6-11,19H,4-5,12-14H2,1-3H3. The van der Waals surface area contributed by atoms with Gasteiger partial charge in [0.05, 0.1) is 20.1 Å². The summed E-state index contributed by atoms with van der Waals surface area (Å²) in [7, 11) is -0.00507. The molecule has 0 saturated carbocycles. The van der Waals surface area contributed by atoms with E-state index in [4.69, 9.17) is 28.2 Å². The van der Waals surface area contributed by atoms with Crippen LogP contribution in [0, 0.1) is 6.92 Å². The summed E-state index contributed by atoms with van der Waals surface area (Å²) in [5.41, 5.74) is 1.72. The molecule has 1 fully saturated rings. The molecule has 0 N–H and O–H groups in total. The summed E-state index contributed by atoms with van der Waals surface area (Å²) in [5.74, 6) is -0.273. The van der Waals surface area contributed by atoms with Gasteiger partial charge in [-0.3, -0.25) is 9.69 Å². The van der Waals surface area contributed by atoms with Crippen molar-refractivity contribution in [1.82, 2.24) is 14.2 Å². The molecule has 1 amide bonds. The van der Waals surface area contributed by atoms with Gasteiger partial charge in [0.15, 0.2) is 5.13 Å². The lowest BCUT2D eigenvalue weighted by Crippen LogP contribution is -2.49. The van der Waals surface area contributed by atoms with Crippen LogP contribution in [0.3, 0.4) is 0 Å². The Bertz CT molecular complexity index is 1270. The summed E-state index contributed by atoms with van der Waals surface area (Å²) >= 11 is 13.7. The number of carbonyl (C=O) groups excluding carboxylic acids is 1. The molecule has 2 heterocycles. The number of rotatable bonds is 7. The third-order valence-corrected chi connectivity index (χ3v) is 9.58. The molecule has 1 aromatic heterocycles. The van der Waals surface area contributed by atoms with Crippen molar-refractivity contribution in [2.24, 2.45) is 0 Å². The van der Waals surface area contributed by atoms with Crippen LogP contribution in [0.15, 0.2) is 41.3 Å². The quantitative estimate of drug-likeness (QED) is 0.435. The number of amides is 1. The van der Waals surface area contributed by atoms with Gasteiger partial charge in [-0.25, -0.2) is 13.4 Å². The zero-order valence-corrected chi connectivity index (χ0v) is 22.3. The minimum absolute atomic E-state index is 0.124. The Morgan fingerprint density at radius 3 is 2.50 bits per heavy atom. The van der Waals surface area contributed by atoms with Crippen LogP contribution >= 0.6 is 34.5 Å². The van der Waals surface area contributed by atoms with Gasteiger partial charge in [-0.2, -0.15) is 4.31 Å². The zero-order chi connectivity index (χ0) is 24.6. The van der Waals surface area contributed by atoms with Crippen molar-refractivity contribution in [3.05, 3.63) is 52.0 Å². The highest BCUT2D eigenvalue weighted by Gasteiger charge is 2.42. The molecule has 7 nitrogen and oxygen atoms in total. The fourth-order valence-corrected chi connectivity index (χ4v) is 7.13. The van der Waals surface area contributed by atoms with Crippen molar-refractivity contribution in [3.8, 4) is 0 Å². The van der Waals surface area contributed by atoms with Gasteiger partial charge in [0.25, 0.3) is 0 Å². The number of nitrogens with zero attached hydrogens (tertiary/aromatic N) is 4. The fourth-order valence-electron chi connectivity index (χ4n) is 4.00. The average Bonchev–Trinajstić information content (AvgIpc) is 3.45. The second-order valence-corrected chi connectivity index (χ2v) is 12.3. The largest absolute Gasteiger partial charge is 0.308 e. The Morgan fingerprint density at radius 1 is 1.15 bits per heavy atom. The highest BCUT2D eigenvalue weighted by atomic mass is 35.5. The molecule has 11 heteroatoms. The van der Waals surface area contributed by atoms with Gasteiger partial charge in [-0.1, -0.05) is 40.6 Å². The zero-order valence-electron chi connectivity index (χ0n) is 19.2. The lowest BCUT2D eigenvalue weighted by molar-refractivity contribution is -0.121. The molecule has 4 rings (SSSR count). The number of halogens is 2. The summed E-state index contributed by atoms with van der Waals surface area (Å²) in [4.78, 5) is 22.3. The van der Waals surface area contributed by atoms with Gasteiger partial charge in [-0.15, -0.1) is 0 Å². The van der Waals surface area contributed by atoms with Gasteiger partial charge >= 0.3 is 0 Å². The number of fused-ring (bicyclic) bond motifs is 1. The van der Waals surface area contributed by atoms with E-state index in [0.717, 1.165) is 15.8 Å². The maximum Gasteiger partial charge on any atom is 0.247 e. The van der Waals surface area contributed by atoms with Crippen molar-refractivity contribution in [3.63, 3.8) is 0 Å². The lowest BCUT2D eigenvalue weighted by atomic mass is 10.2. The number of aromatic nitrogens is 1. The Labute approximate surface area is 213 Å². The molecular formula is C23H26Cl2N4O3S2. The highest BCUT2D eigenvalue weighted by molar-refractivity contribution is 7.89. The van der Waals surface area contributed by atoms with Crippen LogP contribution in [0.1, 0.15) is 18.4 Å². The molecule has 0 bridgehead atoms. The molecule has 0 radical (unpaired) electrons. The first-order valence-electron chi connectivity index (χ1n) is 10.9. The molecule has 1 aliphatic rings. The van der Waals surface area contributed by atoms with E-state index in [9.17, 15) is 13.2 Å². The smallest absolute Gasteiger partial charge is 0.247 e. The molecule has 34 heavy (non-hydrogen) atoms. The first-order valence-corrected chi connectivity index (χ1v) is 13.9. The molecule has 182 valence electrons. The molecule has 3 aromatic rings. The molecule has 1 saturated heterocycles. The van der Waals surface area contributed by atoms with E-state index in [-0.39, 0.29) is 17.3 Å².